The minimum atomic E-state index is 0.239. The molecule has 96 valence electrons. The van der Waals surface area contributed by atoms with Crippen LogP contribution in [0.1, 0.15) is 36.4 Å². The van der Waals surface area contributed by atoms with E-state index in [0.717, 1.165) is 25.9 Å². The summed E-state index contributed by atoms with van der Waals surface area (Å²) in [6, 6.07) is 9.11. The molecule has 0 saturated heterocycles. The van der Waals surface area contributed by atoms with Gasteiger partial charge in [0.1, 0.15) is 0 Å². The van der Waals surface area contributed by atoms with Crippen molar-refractivity contribution in [3.63, 3.8) is 0 Å². The van der Waals surface area contributed by atoms with Gasteiger partial charge in [-0.3, -0.25) is 4.79 Å². The summed E-state index contributed by atoms with van der Waals surface area (Å²) < 4.78 is 0. The fourth-order valence-corrected chi connectivity index (χ4v) is 2.69. The van der Waals surface area contributed by atoms with Crippen LogP contribution in [-0.4, -0.2) is 19.0 Å². The maximum absolute atomic E-state index is 11.5. The van der Waals surface area contributed by atoms with Gasteiger partial charge in [0, 0.05) is 25.0 Å². The molecule has 1 unspecified atom stereocenters. The average Bonchev–Trinajstić information content (AvgIpc) is 3.17. The van der Waals surface area contributed by atoms with Gasteiger partial charge in [-0.25, -0.2) is 0 Å². The van der Waals surface area contributed by atoms with Crippen molar-refractivity contribution in [1.29, 1.82) is 0 Å². The molecular formula is C15H20N2O. The molecule has 1 atom stereocenters. The van der Waals surface area contributed by atoms with Gasteiger partial charge in [0.25, 0.3) is 0 Å². The number of carbonyl (C=O) groups excluding carboxylic acids is 1. The third-order valence-electron chi connectivity index (χ3n) is 3.90. The van der Waals surface area contributed by atoms with Crippen LogP contribution in [0.3, 0.4) is 0 Å². The number of amides is 1. The monoisotopic (exact) mass is 244 g/mol. The van der Waals surface area contributed by atoms with E-state index in [0.29, 0.717) is 12.0 Å². The molecule has 1 amide bonds. The summed E-state index contributed by atoms with van der Waals surface area (Å²) in [4.78, 5) is 11.5. The summed E-state index contributed by atoms with van der Waals surface area (Å²) in [5, 5.41) is 6.53. The van der Waals surface area contributed by atoms with Gasteiger partial charge in [0.05, 0.1) is 0 Å². The average molecular weight is 244 g/mol. The van der Waals surface area contributed by atoms with Crippen molar-refractivity contribution < 1.29 is 4.79 Å². The zero-order valence-electron chi connectivity index (χ0n) is 10.6. The molecule has 3 nitrogen and oxygen atoms in total. The molecule has 2 aliphatic rings. The van der Waals surface area contributed by atoms with Gasteiger partial charge in [-0.2, -0.15) is 0 Å². The summed E-state index contributed by atoms with van der Waals surface area (Å²) in [5.41, 5.74) is 2.91. The molecule has 0 aromatic heterocycles. The molecule has 1 aromatic rings. The molecule has 3 heteroatoms. The van der Waals surface area contributed by atoms with Crippen molar-refractivity contribution in [1.82, 2.24) is 10.6 Å². The first-order chi connectivity index (χ1) is 8.84. The Kier molecular flexibility index (Phi) is 3.33. The highest BCUT2D eigenvalue weighted by Gasteiger charge is 2.29. The van der Waals surface area contributed by atoms with E-state index in [1.54, 1.807) is 0 Å². The minimum Gasteiger partial charge on any atom is -0.355 e. The summed E-state index contributed by atoms with van der Waals surface area (Å²) in [6.45, 7) is 1.60. The van der Waals surface area contributed by atoms with E-state index < -0.39 is 0 Å². The second kappa shape index (κ2) is 5.11. The number of fused-ring (bicyclic) bond motifs is 1. The fourth-order valence-electron chi connectivity index (χ4n) is 2.69. The molecule has 0 spiro atoms. The van der Waals surface area contributed by atoms with E-state index in [1.165, 1.54) is 24.0 Å². The van der Waals surface area contributed by atoms with Gasteiger partial charge < -0.3 is 10.6 Å². The molecular weight excluding hydrogens is 224 g/mol. The SMILES string of the molecule is O=C(NCCNC1CCc2ccccc21)C1CC1. The van der Waals surface area contributed by atoms with Crippen LogP contribution >= 0.6 is 0 Å². The zero-order valence-corrected chi connectivity index (χ0v) is 10.6. The van der Waals surface area contributed by atoms with Gasteiger partial charge in [0.15, 0.2) is 0 Å². The molecule has 0 heterocycles. The predicted molar refractivity (Wildman–Crippen MR) is 71.2 cm³/mol. The summed E-state index contributed by atoms with van der Waals surface area (Å²) >= 11 is 0. The number of hydrogen-bond donors (Lipinski definition) is 2. The smallest absolute Gasteiger partial charge is 0.223 e. The van der Waals surface area contributed by atoms with Crippen molar-refractivity contribution in [2.75, 3.05) is 13.1 Å². The molecule has 18 heavy (non-hydrogen) atoms. The molecule has 1 saturated carbocycles. The number of carbonyl (C=O) groups is 1. The molecule has 2 N–H and O–H groups in total. The third kappa shape index (κ3) is 2.56. The molecule has 0 aliphatic heterocycles. The van der Waals surface area contributed by atoms with Gasteiger partial charge in [-0.15, -0.1) is 0 Å². The molecule has 2 aliphatic carbocycles. The van der Waals surface area contributed by atoms with Crippen LogP contribution in [0, 0.1) is 5.92 Å². The minimum absolute atomic E-state index is 0.239. The lowest BCUT2D eigenvalue weighted by atomic mass is 10.1. The Morgan fingerprint density at radius 2 is 2.00 bits per heavy atom. The van der Waals surface area contributed by atoms with E-state index in [9.17, 15) is 4.79 Å². The lowest BCUT2D eigenvalue weighted by Gasteiger charge is -2.14. The van der Waals surface area contributed by atoms with Crippen molar-refractivity contribution >= 4 is 5.91 Å². The summed E-state index contributed by atoms with van der Waals surface area (Å²) in [7, 11) is 0. The van der Waals surface area contributed by atoms with Crippen molar-refractivity contribution in [2.45, 2.75) is 31.7 Å². The second-order valence-corrected chi connectivity index (χ2v) is 5.31. The second-order valence-electron chi connectivity index (χ2n) is 5.31. The van der Waals surface area contributed by atoms with Crippen LogP contribution in [0.5, 0.6) is 0 Å². The van der Waals surface area contributed by atoms with Crippen molar-refractivity contribution in [2.24, 2.45) is 5.92 Å². The number of hydrogen-bond acceptors (Lipinski definition) is 2. The number of benzene rings is 1. The highest BCUT2D eigenvalue weighted by atomic mass is 16.2. The van der Waals surface area contributed by atoms with Crippen molar-refractivity contribution in [3.05, 3.63) is 35.4 Å². The summed E-state index contributed by atoms with van der Waals surface area (Å²) in [6.07, 6.45) is 4.50. The first kappa shape index (κ1) is 11.7. The maximum Gasteiger partial charge on any atom is 0.223 e. The van der Waals surface area contributed by atoms with Gasteiger partial charge in [-0.1, -0.05) is 24.3 Å². The predicted octanol–water partition coefficient (Wildman–Crippen LogP) is 1.79. The molecule has 1 fully saturated rings. The number of nitrogens with one attached hydrogen (secondary N) is 2. The molecule has 3 rings (SSSR count). The van der Waals surface area contributed by atoms with E-state index in [1.807, 2.05) is 0 Å². The van der Waals surface area contributed by atoms with Crippen LogP contribution < -0.4 is 10.6 Å². The number of rotatable bonds is 5. The standard InChI is InChI=1S/C15H20N2O/c18-15(12-5-6-12)17-10-9-16-14-8-7-11-3-1-2-4-13(11)14/h1-4,12,14,16H,5-10H2,(H,17,18). The van der Waals surface area contributed by atoms with Crippen LogP contribution in [0.15, 0.2) is 24.3 Å². The molecule has 0 radical (unpaired) electrons. The van der Waals surface area contributed by atoms with E-state index >= 15 is 0 Å². The van der Waals surface area contributed by atoms with Crippen LogP contribution in [-0.2, 0) is 11.2 Å². The highest BCUT2D eigenvalue weighted by Crippen LogP contribution is 2.30. The molecule has 0 bridgehead atoms. The third-order valence-corrected chi connectivity index (χ3v) is 3.90. The first-order valence-corrected chi connectivity index (χ1v) is 6.93. The Morgan fingerprint density at radius 1 is 1.17 bits per heavy atom. The van der Waals surface area contributed by atoms with Gasteiger partial charge in [-0.05, 0) is 36.8 Å². The van der Waals surface area contributed by atoms with E-state index in [2.05, 4.69) is 34.9 Å². The normalized spacial score (nSPS) is 21.7. The topological polar surface area (TPSA) is 41.1 Å². The van der Waals surface area contributed by atoms with Crippen LogP contribution in [0.25, 0.3) is 0 Å². The Balaban J connectivity index is 1.43. The van der Waals surface area contributed by atoms with E-state index in [-0.39, 0.29) is 5.91 Å². The maximum atomic E-state index is 11.5. The quantitative estimate of drug-likeness (QED) is 0.775. The fraction of sp³-hybridized carbons (Fsp3) is 0.533. The summed E-state index contributed by atoms with van der Waals surface area (Å²) in [5.74, 6) is 0.556. The van der Waals surface area contributed by atoms with Gasteiger partial charge in [0.2, 0.25) is 5.91 Å². The Morgan fingerprint density at radius 3 is 2.83 bits per heavy atom. The zero-order chi connectivity index (χ0) is 12.4. The van der Waals surface area contributed by atoms with Crippen LogP contribution in [0.2, 0.25) is 0 Å². The Labute approximate surface area is 108 Å². The lowest BCUT2D eigenvalue weighted by molar-refractivity contribution is -0.122. The Hall–Kier alpha value is -1.35. The first-order valence-electron chi connectivity index (χ1n) is 6.93. The van der Waals surface area contributed by atoms with Crippen molar-refractivity contribution in [3.8, 4) is 0 Å². The van der Waals surface area contributed by atoms with Crippen LogP contribution in [0.4, 0.5) is 0 Å². The van der Waals surface area contributed by atoms with Gasteiger partial charge >= 0.3 is 0 Å². The highest BCUT2D eigenvalue weighted by molar-refractivity contribution is 5.80. The number of aryl methyl sites for hydroxylation is 1. The largest absolute Gasteiger partial charge is 0.355 e. The lowest BCUT2D eigenvalue weighted by Crippen LogP contribution is -2.33. The molecule has 1 aromatic carbocycles. The Bertz CT molecular complexity index is 440. The van der Waals surface area contributed by atoms with E-state index in [4.69, 9.17) is 0 Å².